The zero-order valence-corrected chi connectivity index (χ0v) is 6.19. The highest BCUT2D eigenvalue weighted by Crippen LogP contribution is 2.25. The van der Waals surface area contributed by atoms with Crippen molar-refractivity contribution in [2.24, 2.45) is 5.18 Å². The number of hydrogen-bond acceptors (Lipinski definition) is 3. The third-order valence-corrected chi connectivity index (χ3v) is 1.54. The van der Waals surface area contributed by atoms with Crippen LogP contribution in [0.25, 0.3) is 0 Å². The van der Waals surface area contributed by atoms with Crippen molar-refractivity contribution in [3.05, 3.63) is 34.7 Å². The van der Waals surface area contributed by atoms with Gasteiger partial charge in [-0.3, -0.25) is 0 Å². The van der Waals surface area contributed by atoms with Crippen LogP contribution >= 0.6 is 0 Å². The van der Waals surface area contributed by atoms with Gasteiger partial charge < -0.3 is 5.11 Å². The summed E-state index contributed by atoms with van der Waals surface area (Å²) in [7, 11) is 0. The van der Waals surface area contributed by atoms with Crippen LogP contribution in [0.2, 0.25) is 0 Å². The fourth-order valence-electron chi connectivity index (χ4n) is 0.898. The molecule has 3 heteroatoms. The van der Waals surface area contributed by atoms with E-state index in [2.05, 4.69) is 5.18 Å². The van der Waals surface area contributed by atoms with E-state index >= 15 is 0 Å². The summed E-state index contributed by atoms with van der Waals surface area (Å²) in [6, 6.07) is 6.21. The first-order chi connectivity index (χ1) is 5.25. The number of benzene rings is 1. The van der Waals surface area contributed by atoms with Crippen LogP contribution in [0.1, 0.15) is 18.5 Å². The second kappa shape index (κ2) is 3.14. The van der Waals surface area contributed by atoms with Crippen LogP contribution in [0, 0.1) is 4.91 Å². The van der Waals surface area contributed by atoms with Crippen molar-refractivity contribution in [2.75, 3.05) is 0 Å². The van der Waals surface area contributed by atoms with Gasteiger partial charge in [0.05, 0.1) is 0 Å². The van der Waals surface area contributed by atoms with E-state index in [1.54, 1.807) is 25.1 Å². The van der Waals surface area contributed by atoms with E-state index in [0.29, 0.717) is 5.56 Å². The Balaban J connectivity index is 3.02. The van der Waals surface area contributed by atoms with Crippen LogP contribution in [0.4, 0.5) is 0 Å². The van der Waals surface area contributed by atoms with Gasteiger partial charge in [0.2, 0.25) is 0 Å². The van der Waals surface area contributed by atoms with Gasteiger partial charge in [0, 0.05) is 5.56 Å². The lowest BCUT2D eigenvalue weighted by atomic mass is 10.1. The summed E-state index contributed by atoms with van der Waals surface area (Å²) in [6.07, 6.45) is 0. The highest BCUT2D eigenvalue weighted by Gasteiger charge is 2.07. The minimum absolute atomic E-state index is 0.125. The van der Waals surface area contributed by atoms with E-state index in [-0.39, 0.29) is 5.75 Å². The van der Waals surface area contributed by atoms with E-state index in [4.69, 9.17) is 0 Å². The number of para-hydroxylation sites is 1. The summed E-state index contributed by atoms with van der Waals surface area (Å²) in [5.41, 5.74) is 0.572. The molecule has 0 heterocycles. The normalized spacial score (nSPS) is 12.5. The Bertz CT molecular complexity index is 260. The first-order valence-corrected chi connectivity index (χ1v) is 3.36. The smallest absolute Gasteiger partial charge is 0.121 e. The first kappa shape index (κ1) is 7.72. The van der Waals surface area contributed by atoms with Gasteiger partial charge in [-0.25, -0.2) is 0 Å². The number of nitrogens with zero attached hydrogens (tertiary/aromatic N) is 1. The number of aromatic hydroxyl groups is 1. The molecule has 0 aliphatic carbocycles. The van der Waals surface area contributed by atoms with Crippen molar-refractivity contribution in [3.63, 3.8) is 0 Å². The van der Waals surface area contributed by atoms with Crippen LogP contribution in [0.15, 0.2) is 29.4 Å². The number of rotatable bonds is 2. The Morgan fingerprint density at radius 2 is 2.09 bits per heavy atom. The zero-order valence-electron chi connectivity index (χ0n) is 6.19. The van der Waals surface area contributed by atoms with Gasteiger partial charge >= 0.3 is 0 Å². The average Bonchev–Trinajstić information content (AvgIpc) is 2.04. The molecule has 0 aromatic heterocycles. The maximum Gasteiger partial charge on any atom is 0.121 e. The summed E-state index contributed by atoms with van der Waals surface area (Å²) in [4.78, 5) is 10.1. The molecule has 1 rings (SSSR count). The van der Waals surface area contributed by atoms with Crippen LogP contribution in [-0.4, -0.2) is 5.11 Å². The molecule has 1 aromatic rings. The van der Waals surface area contributed by atoms with Crippen LogP contribution in [-0.2, 0) is 0 Å². The molecule has 1 unspecified atom stereocenters. The summed E-state index contributed by atoms with van der Waals surface area (Å²) in [5, 5.41) is 12.0. The molecule has 0 fully saturated rings. The van der Waals surface area contributed by atoms with Crippen molar-refractivity contribution in [2.45, 2.75) is 13.0 Å². The fraction of sp³-hybridized carbons (Fsp3) is 0.250. The van der Waals surface area contributed by atoms with Gasteiger partial charge in [0.1, 0.15) is 11.8 Å². The predicted molar refractivity (Wildman–Crippen MR) is 42.3 cm³/mol. The molecule has 0 amide bonds. The Morgan fingerprint density at radius 3 is 2.64 bits per heavy atom. The van der Waals surface area contributed by atoms with E-state index < -0.39 is 6.04 Å². The third kappa shape index (κ3) is 1.55. The minimum Gasteiger partial charge on any atom is -0.508 e. The van der Waals surface area contributed by atoms with Crippen molar-refractivity contribution in [1.82, 2.24) is 0 Å². The molecule has 0 spiro atoms. The summed E-state index contributed by atoms with van der Waals surface area (Å²) >= 11 is 0. The molecule has 0 aliphatic rings. The highest BCUT2D eigenvalue weighted by molar-refractivity contribution is 5.34. The summed E-state index contributed by atoms with van der Waals surface area (Å²) in [5.74, 6) is 0.125. The second-order valence-corrected chi connectivity index (χ2v) is 2.34. The maximum absolute atomic E-state index is 10.1. The molecule has 58 valence electrons. The second-order valence-electron chi connectivity index (χ2n) is 2.34. The van der Waals surface area contributed by atoms with Gasteiger partial charge in [-0.2, -0.15) is 4.91 Å². The minimum atomic E-state index is -0.476. The van der Waals surface area contributed by atoms with E-state index in [0.717, 1.165) is 0 Å². The SMILES string of the molecule is CC(N=O)c1ccccc1O. The van der Waals surface area contributed by atoms with Crippen LogP contribution in [0.3, 0.4) is 0 Å². The molecular weight excluding hydrogens is 142 g/mol. The van der Waals surface area contributed by atoms with Gasteiger partial charge in [0.25, 0.3) is 0 Å². The lowest BCUT2D eigenvalue weighted by molar-refractivity contribution is 0.464. The number of phenols is 1. The van der Waals surface area contributed by atoms with Gasteiger partial charge in [-0.15, -0.1) is 0 Å². The van der Waals surface area contributed by atoms with Gasteiger partial charge in [-0.05, 0) is 13.0 Å². The molecule has 0 aliphatic heterocycles. The molecule has 0 bridgehead atoms. The maximum atomic E-state index is 10.1. The Morgan fingerprint density at radius 1 is 1.45 bits per heavy atom. The van der Waals surface area contributed by atoms with Crippen LogP contribution in [0.5, 0.6) is 5.75 Å². The molecule has 0 radical (unpaired) electrons. The number of hydrogen-bond donors (Lipinski definition) is 1. The lowest BCUT2D eigenvalue weighted by Gasteiger charge is -2.03. The molecule has 0 saturated heterocycles. The van der Waals surface area contributed by atoms with Gasteiger partial charge in [0.15, 0.2) is 0 Å². The molecule has 1 aromatic carbocycles. The largest absolute Gasteiger partial charge is 0.508 e. The van der Waals surface area contributed by atoms with E-state index in [1.807, 2.05) is 0 Å². The number of phenolic OH excluding ortho intramolecular Hbond substituents is 1. The Hall–Kier alpha value is -1.38. The summed E-state index contributed by atoms with van der Waals surface area (Å²) < 4.78 is 0. The fourth-order valence-corrected chi connectivity index (χ4v) is 0.898. The number of nitroso groups, excluding NO2 is 1. The molecular formula is C8H9NO2. The average molecular weight is 151 g/mol. The van der Waals surface area contributed by atoms with Gasteiger partial charge in [-0.1, -0.05) is 23.4 Å². The monoisotopic (exact) mass is 151 g/mol. The van der Waals surface area contributed by atoms with Crippen molar-refractivity contribution >= 4 is 0 Å². The molecule has 1 atom stereocenters. The molecule has 1 N–H and O–H groups in total. The predicted octanol–water partition coefficient (Wildman–Crippen LogP) is 2.22. The van der Waals surface area contributed by atoms with Crippen molar-refractivity contribution in [3.8, 4) is 5.75 Å². The van der Waals surface area contributed by atoms with E-state index in [9.17, 15) is 10.0 Å². The van der Waals surface area contributed by atoms with Crippen molar-refractivity contribution < 1.29 is 5.11 Å². The molecule has 3 nitrogen and oxygen atoms in total. The highest BCUT2D eigenvalue weighted by atomic mass is 16.3. The quantitative estimate of drug-likeness (QED) is 0.659. The van der Waals surface area contributed by atoms with Crippen molar-refractivity contribution in [1.29, 1.82) is 0 Å². The van der Waals surface area contributed by atoms with E-state index in [1.165, 1.54) is 6.07 Å². The zero-order chi connectivity index (χ0) is 8.27. The van der Waals surface area contributed by atoms with Crippen LogP contribution < -0.4 is 0 Å². The first-order valence-electron chi connectivity index (χ1n) is 3.36. The topological polar surface area (TPSA) is 49.7 Å². The standard InChI is InChI=1S/C8H9NO2/c1-6(9-11)7-4-2-3-5-8(7)10/h2-6,10H,1H3. The molecule has 11 heavy (non-hydrogen) atoms. The third-order valence-electron chi connectivity index (χ3n) is 1.54. The molecule has 0 saturated carbocycles. The Labute approximate surface area is 64.7 Å². The Kier molecular flexibility index (Phi) is 2.21. The summed E-state index contributed by atoms with van der Waals surface area (Å²) in [6.45, 7) is 1.64. The lowest BCUT2D eigenvalue weighted by Crippen LogP contribution is -1.87.